The fourth-order valence-corrected chi connectivity index (χ4v) is 3.11. The van der Waals surface area contributed by atoms with Crippen molar-refractivity contribution in [2.24, 2.45) is 0 Å². The molecular formula is C17H23ClN4O3. The molecule has 0 radical (unpaired) electrons. The number of urea groups is 1. The minimum Gasteiger partial charge on any atom is -0.333 e. The highest BCUT2D eigenvalue weighted by atomic mass is 35.5. The number of halogens is 1. The molecule has 2 atom stereocenters. The zero-order valence-electron chi connectivity index (χ0n) is 14.3. The molecule has 0 aliphatic carbocycles. The van der Waals surface area contributed by atoms with Gasteiger partial charge >= 0.3 is 6.03 Å². The molecule has 8 heteroatoms. The lowest BCUT2D eigenvalue weighted by Gasteiger charge is -2.38. The molecule has 2 saturated heterocycles. The van der Waals surface area contributed by atoms with E-state index in [0.717, 1.165) is 12.1 Å². The lowest BCUT2D eigenvalue weighted by Crippen LogP contribution is -2.57. The van der Waals surface area contributed by atoms with E-state index < -0.39 is 0 Å². The van der Waals surface area contributed by atoms with E-state index in [2.05, 4.69) is 17.6 Å². The van der Waals surface area contributed by atoms with Crippen LogP contribution in [0.25, 0.3) is 0 Å². The Kier molecular flexibility index (Phi) is 6.02. The number of carbonyl (C=O) groups is 3. The molecule has 1 aromatic rings. The van der Waals surface area contributed by atoms with Gasteiger partial charge in [-0.15, -0.1) is 12.4 Å². The highest BCUT2D eigenvalue weighted by Crippen LogP contribution is 2.16. The molecule has 0 aromatic heterocycles. The Morgan fingerprint density at radius 1 is 1.28 bits per heavy atom. The highest BCUT2D eigenvalue weighted by Gasteiger charge is 2.30. The second-order valence-electron chi connectivity index (χ2n) is 6.32. The van der Waals surface area contributed by atoms with Crippen LogP contribution in [-0.4, -0.2) is 59.4 Å². The minimum absolute atomic E-state index is 0. The molecule has 0 spiro atoms. The first kappa shape index (κ1) is 19.2. The maximum atomic E-state index is 12.8. The fourth-order valence-electron chi connectivity index (χ4n) is 3.11. The SMILES string of the molecule is CC1NCCN(C(=O)c2cccc(CN3C(=O)CNC3=O)c2)C1C.Cl. The number of piperazine rings is 1. The summed E-state index contributed by atoms with van der Waals surface area (Å²) >= 11 is 0. The van der Waals surface area contributed by atoms with Gasteiger partial charge in [0.25, 0.3) is 5.91 Å². The van der Waals surface area contributed by atoms with Crippen LogP contribution in [0.1, 0.15) is 29.8 Å². The van der Waals surface area contributed by atoms with Crippen LogP contribution in [0.5, 0.6) is 0 Å². The summed E-state index contributed by atoms with van der Waals surface area (Å²) in [4.78, 5) is 39.2. The third kappa shape index (κ3) is 3.93. The van der Waals surface area contributed by atoms with Gasteiger partial charge in [0.2, 0.25) is 5.91 Å². The smallest absolute Gasteiger partial charge is 0.324 e. The van der Waals surface area contributed by atoms with Gasteiger partial charge in [-0.1, -0.05) is 12.1 Å². The predicted octanol–water partition coefficient (Wildman–Crippen LogP) is 0.983. The van der Waals surface area contributed by atoms with Crippen molar-refractivity contribution < 1.29 is 14.4 Å². The number of rotatable bonds is 3. The maximum absolute atomic E-state index is 12.8. The molecule has 2 N–H and O–H groups in total. The van der Waals surface area contributed by atoms with Crippen LogP contribution >= 0.6 is 12.4 Å². The van der Waals surface area contributed by atoms with Crippen LogP contribution in [0.15, 0.2) is 24.3 Å². The Labute approximate surface area is 153 Å². The van der Waals surface area contributed by atoms with E-state index in [4.69, 9.17) is 0 Å². The minimum atomic E-state index is -0.388. The molecule has 0 bridgehead atoms. The van der Waals surface area contributed by atoms with Gasteiger partial charge in [-0.3, -0.25) is 14.5 Å². The molecule has 0 saturated carbocycles. The third-order valence-electron chi connectivity index (χ3n) is 4.75. The van der Waals surface area contributed by atoms with Crippen molar-refractivity contribution in [3.8, 4) is 0 Å². The van der Waals surface area contributed by atoms with Crippen molar-refractivity contribution in [1.82, 2.24) is 20.4 Å². The van der Waals surface area contributed by atoms with Crippen molar-refractivity contribution in [1.29, 1.82) is 0 Å². The average molecular weight is 367 g/mol. The zero-order chi connectivity index (χ0) is 17.3. The Morgan fingerprint density at radius 2 is 2.04 bits per heavy atom. The molecule has 1 aromatic carbocycles. The predicted molar refractivity (Wildman–Crippen MR) is 95.6 cm³/mol. The first-order chi connectivity index (χ1) is 11.5. The van der Waals surface area contributed by atoms with Gasteiger partial charge in [0.1, 0.15) is 0 Å². The van der Waals surface area contributed by atoms with Crippen LogP contribution in [0.4, 0.5) is 4.79 Å². The van der Waals surface area contributed by atoms with Crippen molar-refractivity contribution in [2.75, 3.05) is 19.6 Å². The molecule has 4 amide bonds. The Balaban J connectivity index is 0.00000225. The monoisotopic (exact) mass is 366 g/mol. The van der Waals surface area contributed by atoms with Crippen LogP contribution in [-0.2, 0) is 11.3 Å². The number of carbonyl (C=O) groups excluding carboxylic acids is 3. The molecular weight excluding hydrogens is 344 g/mol. The third-order valence-corrected chi connectivity index (χ3v) is 4.75. The summed E-state index contributed by atoms with van der Waals surface area (Å²) in [5.74, 6) is -0.267. The first-order valence-electron chi connectivity index (χ1n) is 8.19. The first-order valence-corrected chi connectivity index (χ1v) is 8.19. The standard InChI is InChI=1S/C17H22N4O3.ClH/c1-11-12(2)20(7-6-18-11)16(23)14-5-3-4-13(8-14)10-21-15(22)9-19-17(21)24;/h3-5,8,11-12,18H,6-7,9-10H2,1-2H3,(H,19,24);1H. The normalized spacial score (nSPS) is 23.3. The number of hydrogen-bond donors (Lipinski definition) is 2. The van der Waals surface area contributed by atoms with E-state index in [1.165, 1.54) is 4.90 Å². The number of imide groups is 1. The van der Waals surface area contributed by atoms with Gasteiger partial charge in [0, 0.05) is 30.7 Å². The number of benzene rings is 1. The number of nitrogens with one attached hydrogen (secondary N) is 2. The van der Waals surface area contributed by atoms with Gasteiger partial charge in [-0.05, 0) is 31.5 Å². The molecule has 136 valence electrons. The Bertz CT molecular complexity index is 666. The number of hydrogen-bond acceptors (Lipinski definition) is 4. The molecule has 2 aliphatic rings. The number of nitrogens with zero attached hydrogens (tertiary/aromatic N) is 2. The van der Waals surface area contributed by atoms with Gasteiger partial charge in [0.05, 0.1) is 13.1 Å². The highest BCUT2D eigenvalue weighted by molar-refractivity contribution is 6.02. The van der Waals surface area contributed by atoms with Gasteiger partial charge in [-0.25, -0.2) is 4.79 Å². The summed E-state index contributed by atoms with van der Waals surface area (Å²) in [6, 6.07) is 7.12. The van der Waals surface area contributed by atoms with Gasteiger partial charge in [0.15, 0.2) is 0 Å². The summed E-state index contributed by atoms with van der Waals surface area (Å²) in [5, 5.41) is 5.85. The summed E-state index contributed by atoms with van der Waals surface area (Å²) < 4.78 is 0. The van der Waals surface area contributed by atoms with Crippen molar-refractivity contribution in [2.45, 2.75) is 32.5 Å². The largest absolute Gasteiger partial charge is 0.333 e. The van der Waals surface area contributed by atoms with Crippen LogP contribution < -0.4 is 10.6 Å². The molecule has 25 heavy (non-hydrogen) atoms. The summed E-state index contributed by atoms with van der Waals surface area (Å²) in [5.41, 5.74) is 1.35. The quantitative estimate of drug-likeness (QED) is 0.781. The van der Waals surface area contributed by atoms with Crippen LogP contribution in [0, 0.1) is 0 Å². The zero-order valence-corrected chi connectivity index (χ0v) is 15.1. The van der Waals surface area contributed by atoms with Crippen LogP contribution in [0.2, 0.25) is 0 Å². The summed E-state index contributed by atoms with van der Waals surface area (Å²) in [6.07, 6.45) is 0. The lowest BCUT2D eigenvalue weighted by molar-refractivity contribution is -0.125. The lowest BCUT2D eigenvalue weighted by atomic mass is 10.0. The molecule has 2 fully saturated rings. The second kappa shape index (κ2) is 7.84. The summed E-state index contributed by atoms with van der Waals surface area (Å²) in [7, 11) is 0. The Hall–Kier alpha value is -2.12. The van der Waals surface area contributed by atoms with Crippen molar-refractivity contribution in [3.63, 3.8) is 0 Å². The van der Waals surface area contributed by atoms with Gasteiger partial charge < -0.3 is 15.5 Å². The topological polar surface area (TPSA) is 81.8 Å². The van der Waals surface area contributed by atoms with E-state index in [-0.39, 0.29) is 55.4 Å². The van der Waals surface area contributed by atoms with E-state index in [0.29, 0.717) is 12.1 Å². The molecule has 2 unspecified atom stereocenters. The van der Waals surface area contributed by atoms with Gasteiger partial charge in [-0.2, -0.15) is 0 Å². The van der Waals surface area contributed by atoms with E-state index in [1.54, 1.807) is 18.2 Å². The molecule has 2 aliphatic heterocycles. The number of amides is 4. The van der Waals surface area contributed by atoms with E-state index >= 15 is 0 Å². The molecule has 2 heterocycles. The Morgan fingerprint density at radius 3 is 2.72 bits per heavy atom. The van der Waals surface area contributed by atoms with Crippen molar-refractivity contribution >= 4 is 30.3 Å². The summed E-state index contributed by atoms with van der Waals surface area (Å²) in [6.45, 7) is 5.76. The molecule has 3 rings (SSSR count). The van der Waals surface area contributed by atoms with Crippen LogP contribution in [0.3, 0.4) is 0 Å². The van der Waals surface area contributed by atoms with Crippen molar-refractivity contribution in [3.05, 3.63) is 35.4 Å². The van der Waals surface area contributed by atoms with E-state index in [1.807, 2.05) is 17.9 Å². The maximum Gasteiger partial charge on any atom is 0.324 e. The molecule has 7 nitrogen and oxygen atoms in total. The fraction of sp³-hybridized carbons (Fsp3) is 0.471. The second-order valence-corrected chi connectivity index (χ2v) is 6.32. The average Bonchev–Trinajstić information content (AvgIpc) is 2.89. The van der Waals surface area contributed by atoms with E-state index in [9.17, 15) is 14.4 Å².